The van der Waals surface area contributed by atoms with E-state index in [2.05, 4.69) is 6.92 Å². The molecule has 0 spiro atoms. The molecule has 65 valence electrons. The fourth-order valence-corrected chi connectivity index (χ4v) is 0.686. The van der Waals surface area contributed by atoms with Gasteiger partial charge in [-0.1, -0.05) is 6.92 Å². The van der Waals surface area contributed by atoms with Crippen LogP contribution in [0.4, 0.5) is 0 Å². The highest BCUT2D eigenvalue weighted by Gasteiger charge is 2.20. The van der Waals surface area contributed by atoms with Crippen LogP contribution in [-0.4, -0.2) is 18.0 Å². The minimum atomic E-state index is -0.380. The molecule has 0 bridgehead atoms. The molecular weight excluding hydrogens is 140 g/mol. The largest absolute Gasteiger partial charge is 0.365 e. The summed E-state index contributed by atoms with van der Waals surface area (Å²) in [7, 11) is 0. The van der Waals surface area contributed by atoms with Crippen LogP contribution in [0, 0.1) is 12.8 Å². The SMILES string of the molecule is [CH2]C(C)C(C=O)OC(C)(C)C. The monoisotopic (exact) mass is 157 g/mol. The minimum absolute atomic E-state index is 0.00623. The van der Waals surface area contributed by atoms with Gasteiger partial charge in [-0.25, -0.2) is 0 Å². The Hall–Kier alpha value is -0.370. The van der Waals surface area contributed by atoms with Crippen molar-refractivity contribution in [1.29, 1.82) is 0 Å². The molecule has 11 heavy (non-hydrogen) atoms. The second-order valence-electron chi connectivity index (χ2n) is 3.81. The molecule has 2 unspecified atom stereocenters. The molecule has 0 rings (SSSR count). The fraction of sp³-hybridized carbons (Fsp3) is 0.778. The molecule has 0 aliphatic carbocycles. The first-order valence-electron chi connectivity index (χ1n) is 3.83. The lowest BCUT2D eigenvalue weighted by Crippen LogP contribution is -2.31. The van der Waals surface area contributed by atoms with E-state index in [1.165, 1.54) is 0 Å². The van der Waals surface area contributed by atoms with Crippen molar-refractivity contribution < 1.29 is 9.53 Å². The zero-order valence-corrected chi connectivity index (χ0v) is 7.76. The Morgan fingerprint density at radius 3 is 2.00 bits per heavy atom. The number of hydrogen-bond acceptors (Lipinski definition) is 2. The lowest BCUT2D eigenvalue weighted by Gasteiger charge is -2.26. The first-order chi connectivity index (χ1) is 4.87. The standard InChI is InChI=1S/C9H17O2/c1-7(2)8(6-10)11-9(3,4)5/h6-8H,1H2,2-5H3. The van der Waals surface area contributed by atoms with E-state index in [1.54, 1.807) is 0 Å². The quantitative estimate of drug-likeness (QED) is 0.584. The van der Waals surface area contributed by atoms with E-state index in [1.807, 2.05) is 27.7 Å². The molecule has 0 aromatic carbocycles. The topological polar surface area (TPSA) is 26.3 Å². The van der Waals surface area contributed by atoms with Crippen molar-refractivity contribution in [1.82, 2.24) is 0 Å². The Morgan fingerprint density at radius 2 is 1.91 bits per heavy atom. The van der Waals surface area contributed by atoms with E-state index in [-0.39, 0.29) is 17.6 Å². The summed E-state index contributed by atoms with van der Waals surface area (Å²) in [6, 6.07) is 0. The molecule has 0 saturated carbocycles. The number of hydrogen-bond donors (Lipinski definition) is 0. The zero-order chi connectivity index (χ0) is 9.07. The molecule has 0 aromatic rings. The van der Waals surface area contributed by atoms with E-state index in [0.717, 1.165) is 6.29 Å². The highest BCUT2D eigenvalue weighted by Crippen LogP contribution is 2.14. The van der Waals surface area contributed by atoms with Gasteiger partial charge < -0.3 is 9.53 Å². The summed E-state index contributed by atoms with van der Waals surface area (Å²) in [4.78, 5) is 10.5. The Kier molecular flexibility index (Phi) is 3.73. The van der Waals surface area contributed by atoms with Crippen LogP contribution >= 0.6 is 0 Å². The van der Waals surface area contributed by atoms with Crippen LogP contribution in [0.1, 0.15) is 27.7 Å². The third-order valence-corrected chi connectivity index (χ3v) is 1.18. The van der Waals surface area contributed by atoms with Crippen molar-refractivity contribution in [2.75, 3.05) is 0 Å². The second kappa shape index (κ2) is 3.86. The van der Waals surface area contributed by atoms with Gasteiger partial charge >= 0.3 is 0 Å². The number of rotatable bonds is 3. The summed E-state index contributed by atoms with van der Waals surface area (Å²) in [6.45, 7) is 11.4. The van der Waals surface area contributed by atoms with Crippen molar-refractivity contribution in [2.45, 2.75) is 39.4 Å². The van der Waals surface area contributed by atoms with Crippen molar-refractivity contribution in [3.8, 4) is 0 Å². The molecule has 0 aliphatic heterocycles. The molecule has 0 aromatic heterocycles. The number of ether oxygens (including phenoxy) is 1. The third kappa shape index (κ3) is 4.96. The summed E-state index contributed by atoms with van der Waals surface area (Å²) < 4.78 is 5.42. The van der Waals surface area contributed by atoms with Crippen LogP contribution in [0.2, 0.25) is 0 Å². The highest BCUT2D eigenvalue weighted by molar-refractivity contribution is 5.56. The normalized spacial score (nSPS) is 15.1. The highest BCUT2D eigenvalue weighted by atomic mass is 16.5. The summed E-state index contributed by atoms with van der Waals surface area (Å²) >= 11 is 0. The van der Waals surface area contributed by atoms with Crippen LogP contribution < -0.4 is 0 Å². The fourth-order valence-electron chi connectivity index (χ4n) is 0.686. The molecule has 1 radical (unpaired) electrons. The maximum atomic E-state index is 10.5. The van der Waals surface area contributed by atoms with Gasteiger partial charge in [-0.15, -0.1) is 0 Å². The van der Waals surface area contributed by atoms with Crippen LogP contribution in [0.3, 0.4) is 0 Å². The summed E-state index contributed by atoms with van der Waals surface area (Å²) in [6.07, 6.45) is 0.429. The van der Waals surface area contributed by atoms with E-state index in [4.69, 9.17) is 4.74 Å². The number of aldehydes is 1. The van der Waals surface area contributed by atoms with Gasteiger partial charge in [-0.05, 0) is 33.6 Å². The van der Waals surface area contributed by atoms with Gasteiger partial charge in [0.15, 0.2) is 0 Å². The first-order valence-corrected chi connectivity index (χ1v) is 3.83. The lowest BCUT2D eigenvalue weighted by molar-refractivity contribution is -0.131. The van der Waals surface area contributed by atoms with Crippen molar-refractivity contribution >= 4 is 6.29 Å². The maximum absolute atomic E-state index is 10.5. The summed E-state index contributed by atoms with van der Waals surface area (Å²) in [5, 5.41) is 0. The van der Waals surface area contributed by atoms with Crippen molar-refractivity contribution in [3.63, 3.8) is 0 Å². The maximum Gasteiger partial charge on any atom is 0.149 e. The van der Waals surface area contributed by atoms with Crippen LogP contribution in [0.5, 0.6) is 0 Å². The molecule has 0 saturated heterocycles. The molecule has 2 heteroatoms. The van der Waals surface area contributed by atoms with Gasteiger partial charge in [-0.2, -0.15) is 0 Å². The zero-order valence-electron chi connectivity index (χ0n) is 7.76. The third-order valence-electron chi connectivity index (χ3n) is 1.18. The van der Waals surface area contributed by atoms with Crippen LogP contribution in [0.25, 0.3) is 0 Å². The van der Waals surface area contributed by atoms with Crippen LogP contribution in [-0.2, 0) is 9.53 Å². The smallest absolute Gasteiger partial charge is 0.149 e. The Bertz CT molecular complexity index is 122. The first kappa shape index (κ1) is 10.6. The molecule has 0 amide bonds. The average Bonchev–Trinajstić information content (AvgIpc) is 1.80. The van der Waals surface area contributed by atoms with Gasteiger partial charge in [0.2, 0.25) is 0 Å². The Labute approximate surface area is 68.9 Å². The molecule has 2 nitrogen and oxygen atoms in total. The lowest BCUT2D eigenvalue weighted by atomic mass is 10.1. The number of carbonyl (C=O) groups is 1. The van der Waals surface area contributed by atoms with Gasteiger partial charge in [0.25, 0.3) is 0 Å². The van der Waals surface area contributed by atoms with Crippen molar-refractivity contribution in [3.05, 3.63) is 6.92 Å². The van der Waals surface area contributed by atoms with Gasteiger partial charge in [0.1, 0.15) is 12.4 Å². The molecule has 0 heterocycles. The van der Waals surface area contributed by atoms with Gasteiger partial charge in [0.05, 0.1) is 5.60 Å². The van der Waals surface area contributed by atoms with E-state index in [9.17, 15) is 4.79 Å². The van der Waals surface area contributed by atoms with Crippen LogP contribution in [0.15, 0.2) is 0 Å². The van der Waals surface area contributed by atoms with E-state index >= 15 is 0 Å². The predicted molar refractivity (Wildman–Crippen MR) is 45.2 cm³/mol. The predicted octanol–water partition coefficient (Wildman–Crippen LogP) is 1.84. The van der Waals surface area contributed by atoms with Gasteiger partial charge in [-0.3, -0.25) is 0 Å². The van der Waals surface area contributed by atoms with Gasteiger partial charge in [0, 0.05) is 0 Å². The molecule has 0 fully saturated rings. The number of carbonyl (C=O) groups excluding carboxylic acids is 1. The van der Waals surface area contributed by atoms with E-state index < -0.39 is 0 Å². The molecule has 0 aliphatic rings. The Morgan fingerprint density at radius 1 is 1.45 bits per heavy atom. The average molecular weight is 157 g/mol. The summed E-state index contributed by atoms with van der Waals surface area (Å²) in [5.74, 6) is 0.00623. The second-order valence-corrected chi connectivity index (χ2v) is 3.81. The minimum Gasteiger partial charge on any atom is -0.365 e. The van der Waals surface area contributed by atoms with Crippen molar-refractivity contribution in [2.24, 2.45) is 5.92 Å². The molecule has 0 N–H and O–H groups in total. The van der Waals surface area contributed by atoms with E-state index in [0.29, 0.717) is 0 Å². The Balaban J connectivity index is 3.99. The summed E-state index contributed by atoms with van der Waals surface area (Å²) in [5.41, 5.74) is -0.266. The molecule has 2 atom stereocenters. The molecular formula is C9H17O2.